The molecule has 5 rings (SSSR count). The molecular formula is C34H54O5. The molecule has 0 bridgehead atoms. The SMILES string of the molecule is COC(=O)[C@]12CC[C@@H](C)[C@H](C)[C@H]1C1=CC[C@@H]3[C@@]4(C)C[C@@H](OC)[C@@H](OC(C)=O)C(C)(C)[C@@H]4CC[C@@]3(C)[C@]1(C)CC2. The van der Waals surface area contributed by atoms with Crippen LogP contribution in [-0.2, 0) is 23.8 Å². The summed E-state index contributed by atoms with van der Waals surface area (Å²) in [5.74, 6) is 2.09. The maximum Gasteiger partial charge on any atom is 0.312 e. The summed E-state index contributed by atoms with van der Waals surface area (Å²) < 4.78 is 17.6. The fraction of sp³-hybridized carbons (Fsp3) is 0.882. The van der Waals surface area contributed by atoms with E-state index in [2.05, 4.69) is 54.5 Å². The first kappa shape index (κ1) is 29.1. The molecule has 39 heavy (non-hydrogen) atoms. The van der Waals surface area contributed by atoms with Crippen LogP contribution in [0.1, 0.15) is 107 Å². The molecule has 0 unspecified atom stereocenters. The molecule has 0 radical (unpaired) electrons. The first-order chi connectivity index (χ1) is 18.1. The van der Waals surface area contributed by atoms with E-state index in [1.54, 1.807) is 19.8 Å². The number of ether oxygens (including phenoxy) is 3. The maximum atomic E-state index is 13.5. The van der Waals surface area contributed by atoms with E-state index in [1.807, 2.05) is 0 Å². The lowest BCUT2D eigenvalue weighted by atomic mass is 9.33. The van der Waals surface area contributed by atoms with Crippen LogP contribution in [0.4, 0.5) is 0 Å². The number of allylic oxidation sites excluding steroid dienone is 2. The summed E-state index contributed by atoms with van der Waals surface area (Å²) in [6.45, 7) is 18.6. The molecule has 5 heteroatoms. The highest BCUT2D eigenvalue weighted by atomic mass is 16.6. The van der Waals surface area contributed by atoms with Crippen molar-refractivity contribution in [3.05, 3.63) is 11.6 Å². The normalized spacial score (nSPS) is 50.3. The van der Waals surface area contributed by atoms with Crippen LogP contribution in [0.5, 0.6) is 0 Å². The first-order valence-corrected chi connectivity index (χ1v) is 15.6. The Morgan fingerprint density at radius 2 is 1.62 bits per heavy atom. The Balaban J connectivity index is 1.59. The van der Waals surface area contributed by atoms with Crippen molar-refractivity contribution in [1.82, 2.24) is 0 Å². The van der Waals surface area contributed by atoms with E-state index in [0.29, 0.717) is 23.7 Å². The smallest absolute Gasteiger partial charge is 0.312 e. The standard InChI is InChI=1S/C34H54O5/c1-20-13-16-34(29(36)38-10)18-17-32(7)23(27(34)21(20)2)11-12-26-31(6)19-24(37-9)28(39-22(3)35)30(4,5)25(31)14-15-33(26,32)8/h11,20-21,24-28H,12-19H2,1-10H3/t20-,21+,24-,25+,26-,27+,28-,31+,32-,33-,34+/m1/s1. The maximum absolute atomic E-state index is 13.5. The second-order valence-corrected chi connectivity index (χ2v) is 15.6. The number of rotatable bonds is 3. The number of hydrogen-bond acceptors (Lipinski definition) is 5. The van der Waals surface area contributed by atoms with Crippen molar-refractivity contribution >= 4 is 11.9 Å². The van der Waals surface area contributed by atoms with E-state index in [0.717, 1.165) is 44.9 Å². The van der Waals surface area contributed by atoms with Gasteiger partial charge in [-0.15, -0.1) is 0 Å². The van der Waals surface area contributed by atoms with Crippen LogP contribution in [0.15, 0.2) is 11.6 Å². The number of carbonyl (C=O) groups is 2. The van der Waals surface area contributed by atoms with Gasteiger partial charge in [0.2, 0.25) is 0 Å². The molecule has 5 aliphatic carbocycles. The summed E-state index contributed by atoms with van der Waals surface area (Å²) in [6.07, 6.45) is 10.6. The van der Waals surface area contributed by atoms with Gasteiger partial charge >= 0.3 is 11.9 Å². The van der Waals surface area contributed by atoms with Crippen molar-refractivity contribution in [1.29, 1.82) is 0 Å². The van der Waals surface area contributed by atoms with E-state index >= 15 is 0 Å². The zero-order valence-corrected chi connectivity index (χ0v) is 26.3. The highest BCUT2D eigenvalue weighted by Gasteiger charge is 2.70. The van der Waals surface area contributed by atoms with Gasteiger partial charge in [-0.1, -0.05) is 60.1 Å². The molecule has 0 saturated heterocycles. The number of methoxy groups -OCH3 is 2. The van der Waals surface area contributed by atoms with Gasteiger partial charge < -0.3 is 14.2 Å². The number of hydrogen-bond donors (Lipinski definition) is 0. The number of carbonyl (C=O) groups excluding carboxylic acids is 2. The molecule has 0 heterocycles. The van der Waals surface area contributed by atoms with Gasteiger partial charge in [0.05, 0.1) is 18.6 Å². The summed E-state index contributed by atoms with van der Waals surface area (Å²) in [6, 6.07) is 0. The van der Waals surface area contributed by atoms with Crippen molar-refractivity contribution in [3.63, 3.8) is 0 Å². The van der Waals surface area contributed by atoms with Crippen molar-refractivity contribution < 1.29 is 23.8 Å². The van der Waals surface area contributed by atoms with Crippen molar-refractivity contribution in [3.8, 4) is 0 Å². The first-order valence-electron chi connectivity index (χ1n) is 15.6. The average Bonchev–Trinajstić information content (AvgIpc) is 2.87. The molecule has 5 nitrogen and oxygen atoms in total. The molecule has 220 valence electrons. The zero-order chi connectivity index (χ0) is 28.8. The minimum atomic E-state index is -0.373. The predicted octanol–water partition coefficient (Wildman–Crippen LogP) is 7.37. The molecule has 0 aliphatic heterocycles. The van der Waals surface area contributed by atoms with Gasteiger partial charge in [0.1, 0.15) is 6.10 Å². The molecule has 4 fully saturated rings. The van der Waals surface area contributed by atoms with Gasteiger partial charge in [0, 0.05) is 19.4 Å². The van der Waals surface area contributed by atoms with Gasteiger partial charge in [0.25, 0.3) is 0 Å². The lowest BCUT2D eigenvalue weighted by Crippen LogP contribution is -2.67. The summed E-state index contributed by atoms with van der Waals surface area (Å²) in [4.78, 5) is 25.6. The molecule has 4 saturated carbocycles. The summed E-state index contributed by atoms with van der Waals surface area (Å²) in [5, 5.41) is 0. The second-order valence-electron chi connectivity index (χ2n) is 15.6. The predicted molar refractivity (Wildman–Crippen MR) is 153 cm³/mol. The van der Waals surface area contributed by atoms with Crippen molar-refractivity contribution in [2.45, 2.75) is 119 Å². The summed E-state index contributed by atoms with van der Waals surface area (Å²) in [7, 11) is 3.36. The Kier molecular flexibility index (Phi) is 6.97. The van der Waals surface area contributed by atoms with E-state index in [1.165, 1.54) is 13.3 Å². The number of esters is 2. The van der Waals surface area contributed by atoms with Crippen LogP contribution in [0.3, 0.4) is 0 Å². The third-order valence-corrected chi connectivity index (χ3v) is 14.1. The Bertz CT molecular complexity index is 1050. The van der Waals surface area contributed by atoms with E-state index in [-0.39, 0.29) is 57.1 Å². The zero-order valence-electron chi connectivity index (χ0n) is 26.3. The van der Waals surface area contributed by atoms with E-state index in [9.17, 15) is 9.59 Å². The molecule has 0 aromatic rings. The van der Waals surface area contributed by atoms with Gasteiger partial charge in [-0.25, -0.2) is 0 Å². The molecule has 0 aromatic carbocycles. The topological polar surface area (TPSA) is 61.8 Å². The monoisotopic (exact) mass is 542 g/mol. The van der Waals surface area contributed by atoms with Crippen LogP contribution >= 0.6 is 0 Å². The highest BCUT2D eigenvalue weighted by molar-refractivity contribution is 5.78. The van der Waals surface area contributed by atoms with Crippen molar-refractivity contribution in [2.75, 3.05) is 14.2 Å². The minimum absolute atomic E-state index is 0.0191. The molecular weight excluding hydrogens is 488 g/mol. The fourth-order valence-corrected chi connectivity index (χ4v) is 11.8. The molecule has 11 atom stereocenters. The average molecular weight is 543 g/mol. The Morgan fingerprint density at radius 3 is 2.23 bits per heavy atom. The highest BCUT2D eigenvalue weighted by Crippen LogP contribution is 2.76. The van der Waals surface area contributed by atoms with Gasteiger partial charge in [-0.3, -0.25) is 9.59 Å². The molecule has 5 aliphatic rings. The molecule has 0 N–H and O–H groups in total. The quantitative estimate of drug-likeness (QED) is 0.275. The third-order valence-electron chi connectivity index (χ3n) is 14.1. The van der Waals surface area contributed by atoms with Gasteiger partial charge in [0.15, 0.2) is 0 Å². The van der Waals surface area contributed by atoms with Crippen LogP contribution in [0.2, 0.25) is 0 Å². The van der Waals surface area contributed by atoms with Crippen molar-refractivity contribution in [2.24, 2.45) is 56.7 Å². The largest absolute Gasteiger partial charge is 0.469 e. The molecule has 0 amide bonds. The Morgan fingerprint density at radius 1 is 0.923 bits per heavy atom. The summed E-state index contributed by atoms with van der Waals surface area (Å²) >= 11 is 0. The number of fused-ring (bicyclic) bond motifs is 7. The summed E-state index contributed by atoms with van der Waals surface area (Å²) in [5.41, 5.74) is 1.27. The fourth-order valence-electron chi connectivity index (χ4n) is 11.8. The molecule has 0 spiro atoms. The van der Waals surface area contributed by atoms with E-state index in [4.69, 9.17) is 14.2 Å². The van der Waals surface area contributed by atoms with Crippen LogP contribution in [0, 0.1) is 56.7 Å². The third kappa shape index (κ3) is 3.73. The minimum Gasteiger partial charge on any atom is -0.469 e. The lowest BCUT2D eigenvalue weighted by molar-refractivity contribution is -0.243. The van der Waals surface area contributed by atoms with Crippen LogP contribution in [0.25, 0.3) is 0 Å². The Labute approximate surface area is 237 Å². The Hall–Kier alpha value is -1.36. The molecule has 0 aromatic heterocycles. The van der Waals surface area contributed by atoms with Gasteiger partial charge in [-0.2, -0.15) is 0 Å². The second kappa shape index (κ2) is 9.33. The van der Waals surface area contributed by atoms with E-state index < -0.39 is 0 Å². The van der Waals surface area contributed by atoms with Crippen LogP contribution < -0.4 is 0 Å². The van der Waals surface area contributed by atoms with Crippen LogP contribution in [-0.4, -0.2) is 38.4 Å². The van der Waals surface area contributed by atoms with Gasteiger partial charge in [-0.05, 0) is 97.2 Å². The lowest BCUT2D eigenvalue weighted by Gasteiger charge is -2.71.